The average molecular weight is 490 g/mol. The summed E-state index contributed by atoms with van der Waals surface area (Å²) in [5.74, 6) is 1.51. The molecule has 0 bridgehead atoms. The predicted octanol–water partition coefficient (Wildman–Crippen LogP) is 2.82. The molecule has 3 N–H and O–H groups in total. The molecular weight excluding hydrogens is 458 g/mol. The number of aliphatic hydroxyl groups is 3. The van der Waals surface area contributed by atoms with Crippen molar-refractivity contribution in [1.82, 2.24) is 15.0 Å². The maximum absolute atomic E-state index is 10.2. The smallest absolute Gasteiger partial charge is 0.122 e. The molecule has 1 aromatic heterocycles. The van der Waals surface area contributed by atoms with E-state index in [4.69, 9.17) is 21.1 Å². The van der Waals surface area contributed by atoms with E-state index >= 15 is 0 Å². The van der Waals surface area contributed by atoms with Gasteiger partial charge in [0.25, 0.3) is 0 Å². The number of aromatic nitrogens is 3. The number of hydrogen-bond acceptors (Lipinski definition) is 7. The van der Waals surface area contributed by atoms with E-state index in [9.17, 15) is 15.3 Å². The van der Waals surface area contributed by atoms with Gasteiger partial charge in [-0.05, 0) is 41.8 Å². The number of aryl methyl sites for hydroxylation is 1. The molecule has 3 rings (SSSR count). The molecule has 0 saturated heterocycles. The van der Waals surface area contributed by atoms with Crippen LogP contribution in [0.15, 0.2) is 48.7 Å². The number of aliphatic hydroxyl groups excluding tert-OH is 3. The van der Waals surface area contributed by atoms with Crippen LogP contribution in [0.5, 0.6) is 11.5 Å². The molecule has 0 unspecified atom stereocenters. The van der Waals surface area contributed by atoms with Crippen molar-refractivity contribution in [3.05, 3.63) is 71.0 Å². The highest BCUT2D eigenvalue weighted by atomic mass is 35.5. The molecule has 0 radical (unpaired) electrons. The minimum atomic E-state index is -0.794. The Morgan fingerprint density at radius 3 is 2.32 bits per heavy atom. The van der Waals surface area contributed by atoms with Crippen molar-refractivity contribution in [1.29, 1.82) is 0 Å². The molecule has 2 atom stereocenters. The maximum atomic E-state index is 10.2. The van der Waals surface area contributed by atoms with E-state index in [0.29, 0.717) is 11.4 Å². The Labute approximate surface area is 204 Å². The molecular formula is C25H32ClN3O5. The quantitative estimate of drug-likeness (QED) is 0.335. The van der Waals surface area contributed by atoms with Gasteiger partial charge in [0.15, 0.2) is 0 Å². The van der Waals surface area contributed by atoms with Crippen LogP contribution in [0.4, 0.5) is 0 Å². The molecule has 8 nitrogen and oxygen atoms in total. The number of nitrogens with zero attached hydrogens (tertiary/aromatic N) is 3. The molecule has 1 heterocycles. The Morgan fingerprint density at radius 1 is 1.00 bits per heavy atom. The van der Waals surface area contributed by atoms with Crippen LogP contribution in [0, 0.1) is 6.92 Å². The van der Waals surface area contributed by atoms with Crippen LogP contribution in [0.3, 0.4) is 0 Å². The lowest BCUT2D eigenvalue weighted by molar-refractivity contribution is 0.0866. The molecule has 9 heteroatoms. The number of benzene rings is 2. The van der Waals surface area contributed by atoms with Gasteiger partial charge in [0.05, 0.1) is 30.9 Å². The molecule has 0 fully saturated rings. The van der Waals surface area contributed by atoms with Crippen LogP contribution < -0.4 is 9.47 Å². The van der Waals surface area contributed by atoms with E-state index in [1.165, 1.54) is 10.9 Å². The Balaban J connectivity index is 1.61. The highest BCUT2D eigenvalue weighted by molar-refractivity contribution is 6.18. The van der Waals surface area contributed by atoms with Gasteiger partial charge in [-0.15, -0.1) is 16.7 Å². The summed E-state index contributed by atoms with van der Waals surface area (Å²) in [4.78, 5) is 0. The first-order valence-corrected chi connectivity index (χ1v) is 11.7. The third-order valence-electron chi connectivity index (χ3n) is 5.77. The average Bonchev–Trinajstić information content (AvgIpc) is 3.28. The monoisotopic (exact) mass is 489 g/mol. The zero-order valence-electron chi connectivity index (χ0n) is 19.7. The van der Waals surface area contributed by atoms with E-state index < -0.39 is 12.2 Å². The van der Waals surface area contributed by atoms with Crippen LogP contribution >= 0.6 is 11.6 Å². The van der Waals surface area contributed by atoms with E-state index in [-0.39, 0.29) is 37.7 Å². The van der Waals surface area contributed by atoms with Crippen LogP contribution in [-0.2, 0) is 18.6 Å². The summed E-state index contributed by atoms with van der Waals surface area (Å²) >= 11 is 5.63. The van der Waals surface area contributed by atoms with Gasteiger partial charge < -0.3 is 24.8 Å². The second kappa shape index (κ2) is 11.7. The molecule has 0 amide bonds. The SMILES string of the molecule is Cc1cc(C(C)(C)c2ccc(OC[C@@H](O)Cn3nncc3CO)cc2)ccc1OC[C@H](O)CCl. The van der Waals surface area contributed by atoms with Crippen molar-refractivity contribution in [2.75, 3.05) is 19.1 Å². The van der Waals surface area contributed by atoms with Gasteiger partial charge in [0.2, 0.25) is 0 Å². The Morgan fingerprint density at radius 2 is 1.68 bits per heavy atom. The van der Waals surface area contributed by atoms with Gasteiger partial charge in [0.1, 0.15) is 36.9 Å². The van der Waals surface area contributed by atoms with Gasteiger partial charge in [-0.3, -0.25) is 0 Å². The lowest BCUT2D eigenvalue weighted by atomic mass is 9.77. The summed E-state index contributed by atoms with van der Waals surface area (Å²) in [7, 11) is 0. The highest BCUT2D eigenvalue weighted by Crippen LogP contribution is 2.34. The largest absolute Gasteiger partial charge is 0.491 e. The molecule has 3 aromatic rings. The normalized spacial score (nSPS) is 13.5. The predicted molar refractivity (Wildman–Crippen MR) is 129 cm³/mol. The van der Waals surface area contributed by atoms with Gasteiger partial charge >= 0.3 is 0 Å². The van der Waals surface area contributed by atoms with Crippen LogP contribution in [0.2, 0.25) is 0 Å². The molecule has 0 aliphatic rings. The molecule has 0 saturated carbocycles. The lowest BCUT2D eigenvalue weighted by Crippen LogP contribution is -2.25. The molecule has 0 aliphatic carbocycles. The Kier molecular flexibility index (Phi) is 8.90. The fourth-order valence-corrected chi connectivity index (χ4v) is 3.65. The minimum Gasteiger partial charge on any atom is -0.491 e. The summed E-state index contributed by atoms with van der Waals surface area (Å²) in [5.41, 5.74) is 3.50. The number of rotatable bonds is 12. The second-order valence-corrected chi connectivity index (χ2v) is 9.09. The second-order valence-electron chi connectivity index (χ2n) is 8.78. The van der Waals surface area contributed by atoms with Crippen molar-refractivity contribution in [2.24, 2.45) is 0 Å². The van der Waals surface area contributed by atoms with Crippen molar-refractivity contribution in [3.63, 3.8) is 0 Å². The highest BCUT2D eigenvalue weighted by Gasteiger charge is 2.24. The summed E-state index contributed by atoms with van der Waals surface area (Å²) in [6.45, 7) is 6.52. The first-order chi connectivity index (χ1) is 16.2. The van der Waals surface area contributed by atoms with Crippen molar-refractivity contribution >= 4 is 11.6 Å². The first kappa shape index (κ1) is 26.0. The number of alkyl halides is 1. The summed E-state index contributed by atoms with van der Waals surface area (Å²) in [5, 5.41) is 36.7. The molecule has 34 heavy (non-hydrogen) atoms. The summed E-state index contributed by atoms with van der Waals surface area (Å²) in [6, 6.07) is 13.8. The molecule has 0 spiro atoms. The zero-order valence-corrected chi connectivity index (χ0v) is 20.4. The first-order valence-electron chi connectivity index (χ1n) is 11.1. The van der Waals surface area contributed by atoms with Crippen LogP contribution in [-0.4, -0.2) is 61.6 Å². The maximum Gasteiger partial charge on any atom is 0.122 e. The van der Waals surface area contributed by atoms with E-state index in [2.05, 4.69) is 30.2 Å². The third kappa shape index (κ3) is 6.48. The van der Waals surface area contributed by atoms with Gasteiger partial charge in [-0.1, -0.05) is 43.3 Å². The molecule has 2 aromatic carbocycles. The van der Waals surface area contributed by atoms with Crippen molar-refractivity contribution in [3.8, 4) is 11.5 Å². The Hall–Kier alpha value is -2.65. The number of ether oxygens (including phenoxy) is 2. The number of hydrogen-bond donors (Lipinski definition) is 3. The minimum absolute atomic E-state index is 0.0898. The van der Waals surface area contributed by atoms with Crippen molar-refractivity contribution < 1.29 is 24.8 Å². The fraction of sp³-hybridized carbons (Fsp3) is 0.440. The van der Waals surface area contributed by atoms with E-state index in [1.54, 1.807) is 0 Å². The van der Waals surface area contributed by atoms with E-state index in [0.717, 1.165) is 22.4 Å². The summed E-state index contributed by atoms with van der Waals surface area (Å²) < 4.78 is 12.9. The fourth-order valence-electron chi connectivity index (χ4n) is 3.56. The van der Waals surface area contributed by atoms with Crippen LogP contribution in [0.25, 0.3) is 0 Å². The van der Waals surface area contributed by atoms with Gasteiger partial charge in [0, 0.05) is 5.41 Å². The standard InChI is InChI=1S/C25H32ClN3O5/c1-17-10-19(6-9-24(17)34-15-21(31)11-26)25(2,3)18-4-7-23(8-5-18)33-16-22(32)13-29-20(14-30)12-27-28-29/h4-10,12,21-22,30-32H,11,13-16H2,1-3H3/t21-,22+/m1/s1. The van der Waals surface area contributed by atoms with Crippen molar-refractivity contribution in [2.45, 2.75) is 51.5 Å². The third-order valence-corrected chi connectivity index (χ3v) is 6.12. The zero-order chi connectivity index (χ0) is 24.7. The topological polar surface area (TPSA) is 110 Å². The number of halogens is 1. The van der Waals surface area contributed by atoms with Crippen LogP contribution in [0.1, 0.15) is 36.2 Å². The lowest BCUT2D eigenvalue weighted by Gasteiger charge is -2.27. The van der Waals surface area contributed by atoms with Gasteiger partial charge in [-0.2, -0.15) is 0 Å². The molecule has 0 aliphatic heterocycles. The summed E-state index contributed by atoms with van der Waals surface area (Å²) in [6.07, 6.45) is -0.0285. The Bertz CT molecular complexity index is 1050. The molecule has 184 valence electrons. The van der Waals surface area contributed by atoms with Gasteiger partial charge in [-0.25, -0.2) is 4.68 Å². The van der Waals surface area contributed by atoms with E-state index in [1.807, 2.05) is 43.3 Å².